The van der Waals surface area contributed by atoms with Gasteiger partial charge in [-0.1, -0.05) is 0 Å². The molecule has 1 saturated carbocycles. The fourth-order valence-electron chi connectivity index (χ4n) is 4.02. The fraction of sp³-hybridized carbons (Fsp3) is 0.737. The predicted octanol–water partition coefficient (Wildman–Crippen LogP) is 0.476. The van der Waals surface area contributed by atoms with Crippen molar-refractivity contribution in [2.45, 2.75) is 44.4 Å². The van der Waals surface area contributed by atoms with Crippen LogP contribution in [-0.4, -0.2) is 77.3 Å². The number of carbonyl (C=O) groups excluding carboxylic acids is 2. The molecule has 3 heterocycles. The molecule has 8 nitrogen and oxygen atoms in total. The molecule has 148 valence electrons. The van der Waals surface area contributed by atoms with Crippen LogP contribution in [0.5, 0.6) is 0 Å². The molecule has 1 aliphatic carbocycles. The summed E-state index contributed by atoms with van der Waals surface area (Å²) < 4.78 is 8.12. The Morgan fingerprint density at radius 1 is 1.37 bits per heavy atom. The molecule has 27 heavy (non-hydrogen) atoms. The zero-order chi connectivity index (χ0) is 19.0. The quantitative estimate of drug-likeness (QED) is 0.810. The van der Waals surface area contributed by atoms with Gasteiger partial charge in [0.15, 0.2) is 5.69 Å². The van der Waals surface area contributed by atoms with Gasteiger partial charge in [0, 0.05) is 33.7 Å². The molecule has 0 aromatic carbocycles. The smallest absolute Gasteiger partial charge is 0.271 e. The highest BCUT2D eigenvalue weighted by Gasteiger charge is 2.40. The number of nitrogens with zero attached hydrogens (tertiary/aromatic N) is 4. The van der Waals surface area contributed by atoms with Crippen molar-refractivity contribution >= 4 is 11.8 Å². The summed E-state index contributed by atoms with van der Waals surface area (Å²) in [6, 6.07) is 1.80. The Morgan fingerprint density at radius 2 is 2.11 bits per heavy atom. The van der Waals surface area contributed by atoms with Gasteiger partial charge in [-0.25, -0.2) is 0 Å². The third kappa shape index (κ3) is 4.01. The number of carbonyl (C=O) groups is 2. The van der Waals surface area contributed by atoms with Crippen molar-refractivity contribution in [2.75, 3.05) is 40.3 Å². The van der Waals surface area contributed by atoms with E-state index in [4.69, 9.17) is 4.74 Å². The van der Waals surface area contributed by atoms with Crippen molar-refractivity contribution < 1.29 is 14.3 Å². The van der Waals surface area contributed by atoms with Gasteiger partial charge in [-0.15, -0.1) is 0 Å². The van der Waals surface area contributed by atoms with E-state index in [-0.39, 0.29) is 17.4 Å². The van der Waals surface area contributed by atoms with Crippen molar-refractivity contribution in [1.29, 1.82) is 0 Å². The van der Waals surface area contributed by atoms with Gasteiger partial charge in [-0.05, 0) is 37.7 Å². The number of ether oxygens (including phenoxy) is 1. The van der Waals surface area contributed by atoms with Crippen molar-refractivity contribution in [3.05, 3.63) is 17.5 Å². The third-order valence-corrected chi connectivity index (χ3v) is 6.07. The molecule has 1 saturated heterocycles. The summed E-state index contributed by atoms with van der Waals surface area (Å²) in [7, 11) is 3.53. The number of piperidine rings is 1. The second kappa shape index (κ2) is 7.24. The summed E-state index contributed by atoms with van der Waals surface area (Å²) in [5.74, 6) is 0.767. The molecule has 3 aliphatic rings. The molecular formula is C19H29N5O3. The van der Waals surface area contributed by atoms with Crippen LogP contribution in [-0.2, 0) is 22.7 Å². The summed E-state index contributed by atoms with van der Waals surface area (Å²) in [5, 5.41) is 7.06. The predicted molar refractivity (Wildman–Crippen MR) is 99.2 cm³/mol. The Kier molecular flexibility index (Phi) is 4.94. The van der Waals surface area contributed by atoms with E-state index in [9.17, 15) is 9.59 Å². The number of amides is 2. The lowest BCUT2D eigenvalue weighted by Crippen LogP contribution is -2.52. The molecular weight excluding hydrogens is 346 g/mol. The van der Waals surface area contributed by atoms with Gasteiger partial charge < -0.3 is 15.0 Å². The number of nitrogens with one attached hydrogen (secondary N) is 1. The average Bonchev–Trinajstić information content (AvgIpc) is 3.39. The van der Waals surface area contributed by atoms with Gasteiger partial charge in [0.25, 0.3) is 5.91 Å². The van der Waals surface area contributed by atoms with Crippen LogP contribution in [0.4, 0.5) is 0 Å². The summed E-state index contributed by atoms with van der Waals surface area (Å²) in [6.45, 7) is 4.24. The van der Waals surface area contributed by atoms with Gasteiger partial charge in [0.1, 0.15) is 0 Å². The molecule has 0 bridgehead atoms. The number of likely N-dealkylation sites (tertiary alicyclic amines) is 1. The van der Waals surface area contributed by atoms with E-state index in [2.05, 4.69) is 15.3 Å². The van der Waals surface area contributed by atoms with Crippen molar-refractivity contribution in [1.82, 2.24) is 24.9 Å². The van der Waals surface area contributed by atoms with Gasteiger partial charge >= 0.3 is 0 Å². The highest BCUT2D eigenvalue weighted by molar-refractivity contribution is 5.92. The van der Waals surface area contributed by atoms with E-state index >= 15 is 0 Å². The molecule has 8 heteroatoms. The number of hydrogen-bond donors (Lipinski definition) is 1. The summed E-state index contributed by atoms with van der Waals surface area (Å²) >= 11 is 0. The van der Waals surface area contributed by atoms with Crippen LogP contribution in [0.2, 0.25) is 0 Å². The lowest BCUT2D eigenvalue weighted by molar-refractivity contribution is -0.138. The van der Waals surface area contributed by atoms with Gasteiger partial charge in [-0.3, -0.25) is 19.2 Å². The lowest BCUT2D eigenvalue weighted by atomic mass is 9.90. The van der Waals surface area contributed by atoms with Gasteiger partial charge in [0.05, 0.1) is 31.0 Å². The van der Waals surface area contributed by atoms with Crippen LogP contribution in [0.25, 0.3) is 0 Å². The first-order chi connectivity index (χ1) is 13.0. The van der Waals surface area contributed by atoms with Crippen LogP contribution in [0.1, 0.15) is 41.9 Å². The molecule has 1 aromatic rings. The number of fused-ring (bicyclic) bond motifs is 1. The molecule has 2 amide bonds. The maximum Gasteiger partial charge on any atom is 0.271 e. The maximum atomic E-state index is 12.4. The SMILES string of the molecule is CNC(=O)c1cc2n(n1)CC1(CCN(CC(=O)N(C)CC3CC3)CC1)OC2. The van der Waals surface area contributed by atoms with Crippen LogP contribution in [0.15, 0.2) is 6.07 Å². The number of aromatic nitrogens is 2. The number of likely N-dealkylation sites (N-methyl/N-ethyl adjacent to an activating group) is 1. The normalized spacial score (nSPS) is 21.7. The molecule has 0 unspecified atom stereocenters. The highest BCUT2D eigenvalue weighted by atomic mass is 16.5. The summed E-state index contributed by atoms with van der Waals surface area (Å²) in [4.78, 5) is 28.3. The zero-order valence-corrected chi connectivity index (χ0v) is 16.2. The standard InChI is InChI=1S/C19H29N5O3/c1-20-18(26)16-9-15-12-27-19(13-24(15)21-16)5-7-23(8-6-19)11-17(25)22(2)10-14-3-4-14/h9,14H,3-8,10-13H2,1-2H3,(H,20,26). The van der Waals surface area contributed by atoms with E-state index in [0.29, 0.717) is 25.4 Å². The second-order valence-corrected chi connectivity index (χ2v) is 8.22. The summed E-state index contributed by atoms with van der Waals surface area (Å²) in [6.07, 6.45) is 4.28. The minimum Gasteiger partial charge on any atom is -0.367 e. The Labute approximate surface area is 159 Å². The Balaban J connectivity index is 1.31. The third-order valence-electron chi connectivity index (χ3n) is 6.07. The largest absolute Gasteiger partial charge is 0.367 e. The van der Waals surface area contributed by atoms with Crippen molar-refractivity contribution in [3.63, 3.8) is 0 Å². The molecule has 2 aliphatic heterocycles. The Morgan fingerprint density at radius 3 is 2.78 bits per heavy atom. The Hall–Kier alpha value is -1.93. The monoisotopic (exact) mass is 375 g/mol. The minimum atomic E-state index is -0.238. The Bertz CT molecular complexity index is 719. The summed E-state index contributed by atoms with van der Waals surface area (Å²) in [5.41, 5.74) is 1.15. The molecule has 0 radical (unpaired) electrons. The van der Waals surface area contributed by atoms with E-state index in [1.165, 1.54) is 12.8 Å². The first-order valence-electron chi connectivity index (χ1n) is 9.87. The first-order valence-corrected chi connectivity index (χ1v) is 9.87. The van der Waals surface area contributed by atoms with Crippen LogP contribution >= 0.6 is 0 Å². The van der Waals surface area contributed by atoms with E-state index in [1.54, 1.807) is 13.1 Å². The second-order valence-electron chi connectivity index (χ2n) is 8.22. The van der Waals surface area contributed by atoms with Crippen LogP contribution in [0, 0.1) is 5.92 Å². The van der Waals surface area contributed by atoms with Crippen molar-refractivity contribution in [2.24, 2.45) is 5.92 Å². The highest BCUT2D eigenvalue weighted by Crippen LogP contribution is 2.33. The molecule has 1 N–H and O–H groups in total. The van der Waals surface area contributed by atoms with E-state index in [1.807, 2.05) is 16.6 Å². The zero-order valence-electron chi connectivity index (χ0n) is 16.2. The molecule has 1 spiro atoms. The van der Waals surface area contributed by atoms with Crippen molar-refractivity contribution in [3.8, 4) is 0 Å². The molecule has 0 atom stereocenters. The molecule has 1 aromatic heterocycles. The van der Waals surface area contributed by atoms with Gasteiger partial charge in [-0.2, -0.15) is 5.10 Å². The molecule has 4 rings (SSSR count). The lowest BCUT2D eigenvalue weighted by Gasteiger charge is -2.43. The van der Waals surface area contributed by atoms with E-state index < -0.39 is 0 Å². The van der Waals surface area contributed by atoms with Crippen LogP contribution < -0.4 is 5.32 Å². The minimum absolute atomic E-state index is 0.172. The number of hydrogen-bond acceptors (Lipinski definition) is 5. The topological polar surface area (TPSA) is 79.7 Å². The van der Waals surface area contributed by atoms with E-state index in [0.717, 1.165) is 44.1 Å². The van der Waals surface area contributed by atoms with Crippen LogP contribution in [0.3, 0.4) is 0 Å². The number of rotatable bonds is 5. The first kappa shape index (κ1) is 18.4. The maximum absolute atomic E-state index is 12.4. The van der Waals surface area contributed by atoms with Gasteiger partial charge in [0.2, 0.25) is 5.91 Å². The average molecular weight is 375 g/mol. The fourth-order valence-corrected chi connectivity index (χ4v) is 4.02. The molecule has 2 fully saturated rings.